The zero-order valence-electron chi connectivity index (χ0n) is 11.1. The van der Waals surface area contributed by atoms with Crippen molar-refractivity contribution in [1.82, 2.24) is 0 Å². The molecule has 0 aromatic heterocycles. The van der Waals surface area contributed by atoms with Gasteiger partial charge in [-0.05, 0) is 47.9 Å². The van der Waals surface area contributed by atoms with Gasteiger partial charge in [-0.3, -0.25) is 0 Å². The highest BCUT2D eigenvalue weighted by Gasteiger charge is 2.10. The minimum absolute atomic E-state index is 0.607. The molecule has 1 nitrogen and oxygen atoms in total. The average molecular weight is 219 g/mol. The molecule has 2 N–H and O–H groups in total. The van der Waals surface area contributed by atoms with Gasteiger partial charge >= 0.3 is 0 Å². The second-order valence-corrected chi connectivity index (χ2v) is 5.16. The standard InChI is InChI=1S/C15H25N/c1-11(2)14-8-7-13(6-5-9-16)10-15(14)12(3)4/h7-8,10-12H,5-6,9,16H2,1-4H3. The number of hydrogen-bond acceptors (Lipinski definition) is 1. The van der Waals surface area contributed by atoms with Crippen LogP contribution < -0.4 is 5.73 Å². The van der Waals surface area contributed by atoms with Crippen molar-refractivity contribution in [3.8, 4) is 0 Å². The minimum atomic E-state index is 0.607. The molecular formula is C15H25N. The predicted molar refractivity (Wildman–Crippen MR) is 72.0 cm³/mol. The molecule has 1 aromatic rings. The highest BCUT2D eigenvalue weighted by atomic mass is 14.5. The van der Waals surface area contributed by atoms with Gasteiger partial charge in [-0.15, -0.1) is 0 Å². The molecule has 0 radical (unpaired) electrons. The van der Waals surface area contributed by atoms with Crippen LogP contribution in [0.3, 0.4) is 0 Å². The minimum Gasteiger partial charge on any atom is -0.330 e. The van der Waals surface area contributed by atoms with Gasteiger partial charge in [0.05, 0.1) is 0 Å². The van der Waals surface area contributed by atoms with E-state index in [4.69, 9.17) is 5.73 Å². The topological polar surface area (TPSA) is 26.0 Å². The molecule has 90 valence electrons. The molecule has 0 saturated heterocycles. The van der Waals surface area contributed by atoms with Crippen LogP contribution in [0, 0.1) is 0 Å². The molecule has 1 rings (SSSR count). The zero-order valence-corrected chi connectivity index (χ0v) is 11.1. The van der Waals surface area contributed by atoms with Gasteiger partial charge in [0.25, 0.3) is 0 Å². The van der Waals surface area contributed by atoms with E-state index >= 15 is 0 Å². The maximum Gasteiger partial charge on any atom is -0.00741 e. The molecule has 0 heterocycles. The molecular weight excluding hydrogens is 194 g/mol. The molecule has 0 atom stereocenters. The normalized spacial score (nSPS) is 11.4. The van der Waals surface area contributed by atoms with Crippen molar-refractivity contribution in [2.45, 2.75) is 52.4 Å². The van der Waals surface area contributed by atoms with E-state index in [1.54, 1.807) is 0 Å². The van der Waals surface area contributed by atoms with Crippen LogP contribution in [-0.2, 0) is 6.42 Å². The third-order valence-electron chi connectivity index (χ3n) is 3.06. The maximum atomic E-state index is 5.55. The summed E-state index contributed by atoms with van der Waals surface area (Å²) < 4.78 is 0. The summed E-state index contributed by atoms with van der Waals surface area (Å²) >= 11 is 0. The van der Waals surface area contributed by atoms with E-state index in [1.807, 2.05) is 0 Å². The fraction of sp³-hybridized carbons (Fsp3) is 0.600. The van der Waals surface area contributed by atoms with Crippen LogP contribution in [0.5, 0.6) is 0 Å². The molecule has 1 heteroatoms. The Hall–Kier alpha value is -0.820. The lowest BCUT2D eigenvalue weighted by molar-refractivity contribution is 0.779. The van der Waals surface area contributed by atoms with E-state index in [0.717, 1.165) is 19.4 Å². The first kappa shape index (κ1) is 13.2. The Morgan fingerprint density at radius 1 is 1.00 bits per heavy atom. The number of nitrogens with two attached hydrogens (primary N) is 1. The summed E-state index contributed by atoms with van der Waals surface area (Å²) in [5.41, 5.74) is 9.98. The molecule has 0 unspecified atom stereocenters. The summed E-state index contributed by atoms with van der Waals surface area (Å²) in [5, 5.41) is 0. The van der Waals surface area contributed by atoms with E-state index in [2.05, 4.69) is 45.9 Å². The Morgan fingerprint density at radius 2 is 1.62 bits per heavy atom. The van der Waals surface area contributed by atoms with Crippen LogP contribution >= 0.6 is 0 Å². The van der Waals surface area contributed by atoms with Crippen molar-refractivity contribution >= 4 is 0 Å². The number of benzene rings is 1. The van der Waals surface area contributed by atoms with Crippen LogP contribution in [0.15, 0.2) is 18.2 Å². The SMILES string of the molecule is CC(C)c1ccc(CCCN)cc1C(C)C. The molecule has 0 aliphatic rings. The smallest absolute Gasteiger partial charge is 0.00741 e. The van der Waals surface area contributed by atoms with Crippen LogP contribution in [0.25, 0.3) is 0 Å². The van der Waals surface area contributed by atoms with Crippen molar-refractivity contribution in [2.75, 3.05) is 6.54 Å². The first-order valence-corrected chi connectivity index (χ1v) is 6.39. The van der Waals surface area contributed by atoms with Gasteiger partial charge in [0, 0.05) is 0 Å². The lowest BCUT2D eigenvalue weighted by atomic mass is 9.88. The first-order chi connectivity index (χ1) is 7.56. The van der Waals surface area contributed by atoms with Gasteiger partial charge in [-0.2, -0.15) is 0 Å². The Labute approximate surface area is 100 Å². The van der Waals surface area contributed by atoms with Gasteiger partial charge in [-0.25, -0.2) is 0 Å². The molecule has 0 spiro atoms. The fourth-order valence-corrected chi connectivity index (χ4v) is 2.11. The van der Waals surface area contributed by atoms with Gasteiger partial charge < -0.3 is 5.73 Å². The quantitative estimate of drug-likeness (QED) is 0.800. The summed E-state index contributed by atoms with van der Waals surface area (Å²) in [6.45, 7) is 9.85. The van der Waals surface area contributed by atoms with Gasteiger partial charge in [0.2, 0.25) is 0 Å². The second kappa shape index (κ2) is 6.05. The Bertz CT molecular complexity index is 326. The van der Waals surface area contributed by atoms with Crippen LogP contribution in [0.1, 0.15) is 62.6 Å². The van der Waals surface area contributed by atoms with Crippen molar-refractivity contribution < 1.29 is 0 Å². The van der Waals surface area contributed by atoms with Gasteiger partial charge in [0.1, 0.15) is 0 Å². The molecule has 0 fully saturated rings. The molecule has 1 aromatic carbocycles. The molecule has 0 aliphatic heterocycles. The maximum absolute atomic E-state index is 5.55. The van der Waals surface area contributed by atoms with Gasteiger partial charge in [0.15, 0.2) is 0 Å². The third-order valence-corrected chi connectivity index (χ3v) is 3.06. The number of aryl methyl sites for hydroxylation is 1. The van der Waals surface area contributed by atoms with Crippen LogP contribution in [0.2, 0.25) is 0 Å². The summed E-state index contributed by atoms with van der Waals surface area (Å²) in [6.07, 6.45) is 2.19. The van der Waals surface area contributed by atoms with E-state index < -0.39 is 0 Å². The predicted octanol–water partition coefficient (Wildman–Crippen LogP) is 3.82. The van der Waals surface area contributed by atoms with Crippen molar-refractivity contribution in [1.29, 1.82) is 0 Å². The number of rotatable bonds is 5. The lowest BCUT2D eigenvalue weighted by Crippen LogP contribution is -2.03. The van der Waals surface area contributed by atoms with Crippen LogP contribution in [0.4, 0.5) is 0 Å². The Morgan fingerprint density at radius 3 is 2.12 bits per heavy atom. The third kappa shape index (κ3) is 3.34. The summed E-state index contributed by atoms with van der Waals surface area (Å²) in [5.74, 6) is 1.22. The van der Waals surface area contributed by atoms with Crippen LogP contribution in [-0.4, -0.2) is 6.54 Å². The summed E-state index contributed by atoms with van der Waals surface area (Å²) in [4.78, 5) is 0. The Kier molecular flexibility index (Phi) is 5.01. The number of hydrogen-bond donors (Lipinski definition) is 1. The molecule has 0 aliphatic carbocycles. The zero-order chi connectivity index (χ0) is 12.1. The second-order valence-electron chi connectivity index (χ2n) is 5.16. The molecule has 0 amide bonds. The Balaban J connectivity index is 2.98. The fourth-order valence-electron chi connectivity index (χ4n) is 2.11. The summed E-state index contributed by atoms with van der Waals surface area (Å²) in [7, 11) is 0. The monoisotopic (exact) mass is 219 g/mol. The van der Waals surface area contributed by atoms with Gasteiger partial charge in [-0.1, -0.05) is 45.9 Å². The molecule has 0 bridgehead atoms. The van der Waals surface area contributed by atoms with Crippen molar-refractivity contribution in [2.24, 2.45) is 5.73 Å². The van der Waals surface area contributed by atoms with E-state index in [0.29, 0.717) is 11.8 Å². The van der Waals surface area contributed by atoms with E-state index in [1.165, 1.54) is 16.7 Å². The van der Waals surface area contributed by atoms with E-state index in [-0.39, 0.29) is 0 Å². The van der Waals surface area contributed by atoms with E-state index in [9.17, 15) is 0 Å². The first-order valence-electron chi connectivity index (χ1n) is 6.39. The van der Waals surface area contributed by atoms with Crippen molar-refractivity contribution in [3.05, 3.63) is 34.9 Å². The van der Waals surface area contributed by atoms with Crippen molar-refractivity contribution in [3.63, 3.8) is 0 Å². The molecule has 0 saturated carbocycles. The average Bonchev–Trinajstić information content (AvgIpc) is 2.25. The lowest BCUT2D eigenvalue weighted by Gasteiger charge is -2.17. The highest BCUT2D eigenvalue weighted by Crippen LogP contribution is 2.27. The summed E-state index contributed by atoms with van der Waals surface area (Å²) in [6, 6.07) is 6.93. The molecule has 16 heavy (non-hydrogen) atoms. The largest absolute Gasteiger partial charge is 0.330 e. The highest BCUT2D eigenvalue weighted by molar-refractivity contribution is 5.36.